The Morgan fingerprint density at radius 3 is 2.61 bits per heavy atom. The summed E-state index contributed by atoms with van der Waals surface area (Å²) in [7, 11) is 1.83. The van der Waals surface area contributed by atoms with Gasteiger partial charge in [-0.05, 0) is 52.6 Å². The Bertz CT molecular complexity index is 517. The minimum Gasteiger partial charge on any atom is -0.355 e. The first kappa shape index (κ1) is 18.2. The van der Waals surface area contributed by atoms with Gasteiger partial charge in [0.2, 0.25) is 0 Å². The van der Waals surface area contributed by atoms with Crippen LogP contribution in [-0.4, -0.2) is 48.6 Å². The molecule has 2 N–H and O–H groups in total. The summed E-state index contributed by atoms with van der Waals surface area (Å²) in [4.78, 5) is 12.7. The van der Waals surface area contributed by atoms with E-state index < -0.39 is 0 Å². The molecule has 6 heteroatoms. The summed E-state index contributed by atoms with van der Waals surface area (Å²) in [5.74, 6) is 1.75. The predicted octanol–water partition coefficient (Wildman–Crippen LogP) is 2.55. The molecule has 2 rings (SSSR count). The van der Waals surface area contributed by atoms with Crippen LogP contribution in [0.25, 0.3) is 0 Å². The summed E-state index contributed by atoms with van der Waals surface area (Å²) < 4.78 is 0. The molecule has 1 fully saturated rings. The van der Waals surface area contributed by atoms with Crippen molar-refractivity contribution in [1.82, 2.24) is 20.5 Å². The normalized spacial score (nSPS) is 18.9. The Balaban J connectivity index is 1.75. The third-order valence-corrected chi connectivity index (χ3v) is 5.72. The molecule has 1 atom stereocenters. The van der Waals surface area contributed by atoms with Crippen LogP contribution < -0.4 is 10.6 Å². The lowest BCUT2D eigenvalue weighted by atomic mass is 9.98. The van der Waals surface area contributed by atoms with Gasteiger partial charge in [-0.15, -0.1) is 11.3 Å². The molecular formula is C17H31N5S. The van der Waals surface area contributed by atoms with Crippen LogP contribution in [-0.2, 0) is 6.54 Å². The van der Waals surface area contributed by atoms with E-state index in [1.54, 1.807) is 11.3 Å². The Morgan fingerprint density at radius 2 is 2.04 bits per heavy atom. The highest BCUT2D eigenvalue weighted by molar-refractivity contribution is 7.11. The first-order valence-electron chi connectivity index (χ1n) is 8.61. The Kier molecular flexibility index (Phi) is 6.84. The summed E-state index contributed by atoms with van der Waals surface area (Å²) in [6.07, 6.45) is 2.64. The fourth-order valence-corrected chi connectivity index (χ4v) is 3.84. The lowest BCUT2D eigenvalue weighted by Crippen LogP contribution is -2.47. The molecule has 0 bridgehead atoms. The van der Waals surface area contributed by atoms with Crippen LogP contribution in [0.4, 0.5) is 0 Å². The molecule has 0 amide bonds. The number of guanidine groups is 1. The van der Waals surface area contributed by atoms with Crippen molar-refractivity contribution in [2.24, 2.45) is 10.9 Å². The maximum absolute atomic E-state index is 4.47. The van der Waals surface area contributed by atoms with Crippen molar-refractivity contribution in [2.75, 3.05) is 26.7 Å². The number of hydrogen-bond donors (Lipinski definition) is 2. The second kappa shape index (κ2) is 8.64. The molecule has 0 aromatic carbocycles. The quantitative estimate of drug-likeness (QED) is 0.640. The molecule has 1 unspecified atom stereocenters. The number of nitrogens with zero attached hydrogens (tertiary/aromatic N) is 3. The minimum atomic E-state index is 0.536. The fourth-order valence-electron chi connectivity index (χ4n) is 2.96. The Hall–Kier alpha value is -1.14. The second-order valence-electron chi connectivity index (χ2n) is 6.62. The van der Waals surface area contributed by atoms with E-state index in [4.69, 9.17) is 0 Å². The highest BCUT2D eigenvalue weighted by Gasteiger charge is 2.20. The SMILES string of the molecule is CN=C(NCc1sc(C)nc1C)NCC(C)N1CCC(C)CC1. The van der Waals surface area contributed by atoms with Gasteiger partial charge in [0.15, 0.2) is 5.96 Å². The molecule has 1 aliphatic rings. The lowest BCUT2D eigenvalue weighted by molar-refractivity contribution is 0.147. The maximum Gasteiger partial charge on any atom is 0.191 e. The molecule has 130 valence electrons. The third-order valence-electron chi connectivity index (χ3n) is 4.65. The van der Waals surface area contributed by atoms with Crippen molar-refractivity contribution in [3.05, 3.63) is 15.6 Å². The van der Waals surface area contributed by atoms with Crippen molar-refractivity contribution in [3.8, 4) is 0 Å². The highest BCUT2D eigenvalue weighted by Crippen LogP contribution is 2.18. The van der Waals surface area contributed by atoms with Gasteiger partial charge >= 0.3 is 0 Å². The number of aromatic nitrogens is 1. The van der Waals surface area contributed by atoms with E-state index in [2.05, 4.69) is 53.2 Å². The van der Waals surface area contributed by atoms with E-state index >= 15 is 0 Å². The first-order valence-corrected chi connectivity index (χ1v) is 9.42. The molecule has 1 aromatic rings. The van der Waals surface area contributed by atoms with Crippen molar-refractivity contribution < 1.29 is 0 Å². The smallest absolute Gasteiger partial charge is 0.191 e. The van der Waals surface area contributed by atoms with Crippen LogP contribution in [0.15, 0.2) is 4.99 Å². The molecule has 2 heterocycles. The monoisotopic (exact) mass is 337 g/mol. The molecular weight excluding hydrogens is 306 g/mol. The van der Waals surface area contributed by atoms with Crippen molar-refractivity contribution in [1.29, 1.82) is 0 Å². The topological polar surface area (TPSA) is 52.6 Å². The molecule has 0 aliphatic carbocycles. The molecule has 1 aromatic heterocycles. The summed E-state index contributed by atoms with van der Waals surface area (Å²) in [6, 6.07) is 0.536. The summed E-state index contributed by atoms with van der Waals surface area (Å²) in [5, 5.41) is 7.97. The summed E-state index contributed by atoms with van der Waals surface area (Å²) >= 11 is 1.75. The maximum atomic E-state index is 4.47. The molecule has 5 nitrogen and oxygen atoms in total. The number of thiazole rings is 1. The molecule has 1 saturated heterocycles. The summed E-state index contributed by atoms with van der Waals surface area (Å²) in [6.45, 7) is 12.9. The van der Waals surface area contributed by atoms with E-state index in [9.17, 15) is 0 Å². The average molecular weight is 338 g/mol. The molecule has 1 aliphatic heterocycles. The van der Waals surface area contributed by atoms with Crippen molar-refractivity contribution >= 4 is 17.3 Å². The largest absolute Gasteiger partial charge is 0.355 e. The van der Waals surface area contributed by atoms with Crippen LogP contribution >= 0.6 is 11.3 Å². The van der Waals surface area contributed by atoms with Gasteiger partial charge in [0.1, 0.15) is 0 Å². The predicted molar refractivity (Wildman–Crippen MR) is 99.2 cm³/mol. The lowest BCUT2D eigenvalue weighted by Gasteiger charge is -2.35. The van der Waals surface area contributed by atoms with Gasteiger partial charge in [-0.3, -0.25) is 9.89 Å². The summed E-state index contributed by atoms with van der Waals surface area (Å²) in [5.41, 5.74) is 1.12. The van der Waals surface area contributed by atoms with Crippen LogP contribution in [0.1, 0.15) is 42.3 Å². The van der Waals surface area contributed by atoms with Crippen LogP contribution in [0.3, 0.4) is 0 Å². The first-order chi connectivity index (χ1) is 11.0. The zero-order valence-corrected chi connectivity index (χ0v) is 16.0. The standard InChI is InChI=1S/C17H31N5S/c1-12-6-8-22(9-7-12)13(2)10-19-17(18-5)20-11-16-14(3)21-15(4)23-16/h12-13H,6-11H2,1-5H3,(H2,18,19,20). The average Bonchev–Trinajstić information content (AvgIpc) is 2.85. The second-order valence-corrected chi connectivity index (χ2v) is 7.90. The van der Waals surface area contributed by atoms with Gasteiger partial charge in [0.25, 0.3) is 0 Å². The van der Waals surface area contributed by atoms with Crippen molar-refractivity contribution in [3.63, 3.8) is 0 Å². The van der Waals surface area contributed by atoms with Gasteiger partial charge in [-0.25, -0.2) is 4.98 Å². The fraction of sp³-hybridized carbons (Fsp3) is 0.765. The van der Waals surface area contributed by atoms with E-state index in [0.29, 0.717) is 6.04 Å². The van der Waals surface area contributed by atoms with Gasteiger partial charge in [0.05, 0.1) is 17.2 Å². The van der Waals surface area contributed by atoms with Gasteiger partial charge in [0, 0.05) is 24.5 Å². The number of likely N-dealkylation sites (tertiary alicyclic amines) is 1. The van der Waals surface area contributed by atoms with Crippen LogP contribution in [0.5, 0.6) is 0 Å². The van der Waals surface area contributed by atoms with Gasteiger partial charge in [-0.1, -0.05) is 6.92 Å². The van der Waals surface area contributed by atoms with Crippen LogP contribution in [0.2, 0.25) is 0 Å². The molecule has 0 saturated carbocycles. The van der Waals surface area contributed by atoms with E-state index in [0.717, 1.165) is 35.7 Å². The van der Waals surface area contributed by atoms with Gasteiger partial charge in [-0.2, -0.15) is 0 Å². The van der Waals surface area contributed by atoms with Gasteiger partial charge < -0.3 is 10.6 Å². The molecule has 23 heavy (non-hydrogen) atoms. The van der Waals surface area contributed by atoms with E-state index in [1.165, 1.54) is 30.8 Å². The highest BCUT2D eigenvalue weighted by atomic mass is 32.1. The number of aryl methyl sites for hydroxylation is 2. The zero-order valence-electron chi connectivity index (χ0n) is 15.1. The Morgan fingerprint density at radius 1 is 1.35 bits per heavy atom. The zero-order chi connectivity index (χ0) is 16.8. The Labute approximate surface area is 144 Å². The number of piperidine rings is 1. The van der Waals surface area contributed by atoms with Crippen molar-refractivity contribution in [2.45, 2.75) is 53.1 Å². The van der Waals surface area contributed by atoms with Crippen LogP contribution in [0, 0.1) is 19.8 Å². The number of rotatable bonds is 5. The molecule has 0 spiro atoms. The molecule has 0 radical (unpaired) electrons. The third kappa shape index (κ3) is 5.46. The number of nitrogens with one attached hydrogen (secondary N) is 2. The minimum absolute atomic E-state index is 0.536. The number of aliphatic imine (C=N–C) groups is 1. The van der Waals surface area contributed by atoms with E-state index in [-0.39, 0.29) is 0 Å². The van der Waals surface area contributed by atoms with E-state index in [1.807, 2.05) is 7.05 Å². The number of hydrogen-bond acceptors (Lipinski definition) is 4.